The van der Waals surface area contributed by atoms with Crippen LogP contribution in [0.2, 0.25) is 5.15 Å². The van der Waals surface area contributed by atoms with Gasteiger partial charge in [-0.3, -0.25) is 9.59 Å². The Kier molecular flexibility index (Phi) is 4.35. The monoisotopic (exact) mass is 342 g/mol. The van der Waals surface area contributed by atoms with Gasteiger partial charge < -0.3 is 9.72 Å². The Morgan fingerprint density at radius 1 is 1.17 bits per heavy atom. The highest BCUT2D eigenvalue weighted by molar-refractivity contribution is 6.30. The summed E-state index contributed by atoms with van der Waals surface area (Å²) in [5.41, 5.74) is -0.265. The lowest BCUT2D eigenvalue weighted by Crippen LogP contribution is -2.13. The fourth-order valence-electron chi connectivity index (χ4n) is 2.01. The second-order valence-corrected chi connectivity index (χ2v) is 5.12. The van der Waals surface area contributed by atoms with Crippen LogP contribution in [0.3, 0.4) is 0 Å². The minimum Gasteiger partial charge on any atom is -0.447 e. The highest BCUT2D eigenvalue weighted by Gasteiger charge is 2.17. The first kappa shape index (κ1) is 15.8. The Bertz CT molecular complexity index is 957. The molecule has 3 aromatic rings. The Morgan fingerprint density at radius 2 is 1.88 bits per heavy atom. The Morgan fingerprint density at radius 3 is 2.54 bits per heavy atom. The number of carbonyl (C=O) groups excluding carboxylic acids is 1. The first-order valence-corrected chi connectivity index (χ1v) is 7.29. The summed E-state index contributed by atoms with van der Waals surface area (Å²) >= 11 is 6.07. The maximum atomic E-state index is 12.3. The number of hydrogen-bond donors (Lipinski definition) is 1. The van der Waals surface area contributed by atoms with E-state index >= 15 is 0 Å². The molecule has 24 heavy (non-hydrogen) atoms. The molecule has 0 amide bonds. The summed E-state index contributed by atoms with van der Waals surface area (Å²) in [7, 11) is 0. The lowest BCUT2D eigenvalue weighted by molar-refractivity contribution is 0.101. The van der Waals surface area contributed by atoms with Crippen LogP contribution < -0.4 is 10.3 Å². The number of Topliss-reactive ketones (excluding diaryl/α,β-unsaturated/α-hetero) is 1. The summed E-state index contributed by atoms with van der Waals surface area (Å²) < 4.78 is 5.52. The SMILES string of the molecule is CC(=O)c1ccccc1Oc1c(Cl)nc(-c2ncccn2)[nH]c1=O. The van der Waals surface area contributed by atoms with Gasteiger partial charge in [-0.1, -0.05) is 23.7 Å². The summed E-state index contributed by atoms with van der Waals surface area (Å²) in [5, 5.41) is -0.153. The third-order valence-corrected chi connectivity index (χ3v) is 3.35. The summed E-state index contributed by atoms with van der Waals surface area (Å²) in [6.45, 7) is 1.40. The molecule has 7 nitrogen and oxygen atoms in total. The molecule has 3 rings (SSSR count). The highest BCUT2D eigenvalue weighted by Crippen LogP contribution is 2.28. The maximum absolute atomic E-state index is 12.3. The van der Waals surface area contributed by atoms with Crippen LogP contribution in [0.5, 0.6) is 11.5 Å². The van der Waals surface area contributed by atoms with Crippen LogP contribution in [0.1, 0.15) is 17.3 Å². The van der Waals surface area contributed by atoms with Gasteiger partial charge >= 0.3 is 0 Å². The van der Waals surface area contributed by atoms with Gasteiger partial charge in [-0.25, -0.2) is 15.0 Å². The zero-order chi connectivity index (χ0) is 17.1. The number of aromatic amines is 1. The van der Waals surface area contributed by atoms with Crippen molar-refractivity contribution in [2.45, 2.75) is 6.92 Å². The first-order chi connectivity index (χ1) is 11.6. The Hall–Kier alpha value is -3.06. The third kappa shape index (κ3) is 3.16. The molecule has 0 saturated carbocycles. The van der Waals surface area contributed by atoms with Gasteiger partial charge in [0.25, 0.3) is 5.56 Å². The van der Waals surface area contributed by atoms with Crippen molar-refractivity contribution in [3.8, 4) is 23.1 Å². The molecule has 0 atom stereocenters. The van der Waals surface area contributed by atoms with E-state index in [1.165, 1.54) is 19.3 Å². The van der Waals surface area contributed by atoms with Crippen molar-refractivity contribution in [1.82, 2.24) is 19.9 Å². The van der Waals surface area contributed by atoms with Crippen LogP contribution >= 0.6 is 11.6 Å². The second-order valence-electron chi connectivity index (χ2n) is 4.76. The summed E-state index contributed by atoms with van der Waals surface area (Å²) in [6.07, 6.45) is 3.04. The number of benzene rings is 1. The van der Waals surface area contributed by atoms with Gasteiger partial charge in [0.2, 0.25) is 5.75 Å². The molecular weight excluding hydrogens is 332 g/mol. The van der Waals surface area contributed by atoms with Crippen molar-refractivity contribution >= 4 is 17.4 Å². The molecule has 0 aliphatic rings. The van der Waals surface area contributed by atoms with E-state index in [4.69, 9.17) is 16.3 Å². The largest absolute Gasteiger partial charge is 0.447 e. The number of aromatic nitrogens is 4. The van der Waals surface area contributed by atoms with Crippen molar-refractivity contribution in [1.29, 1.82) is 0 Å². The molecule has 0 bridgehead atoms. The third-order valence-electron chi connectivity index (χ3n) is 3.09. The molecule has 2 heterocycles. The van der Waals surface area contributed by atoms with Crippen LogP contribution in [-0.4, -0.2) is 25.7 Å². The van der Waals surface area contributed by atoms with E-state index in [-0.39, 0.29) is 34.1 Å². The van der Waals surface area contributed by atoms with E-state index < -0.39 is 5.56 Å². The number of nitrogens with one attached hydrogen (secondary N) is 1. The average Bonchev–Trinajstić information content (AvgIpc) is 2.59. The van der Waals surface area contributed by atoms with E-state index in [0.29, 0.717) is 5.56 Å². The molecule has 2 aromatic heterocycles. The minimum absolute atomic E-state index is 0.123. The molecule has 1 aromatic carbocycles. The van der Waals surface area contributed by atoms with Gasteiger partial charge in [0.05, 0.1) is 5.56 Å². The summed E-state index contributed by atoms with van der Waals surface area (Å²) in [6, 6.07) is 8.19. The number of ether oxygens (including phenoxy) is 1. The predicted octanol–water partition coefficient (Wildman–Crippen LogP) is 2.88. The zero-order valence-corrected chi connectivity index (χ0v) is 13.2. The Labute approximate surface area is 141 Å². The van der Waals surface area contributed by atoms with Gasteiger partial charge in [-0.15, -0.1) is 0 Å². The zero-order valence-electron chi connectivity index (χ0n) is 12.5. The van der Waals surface area contributed by atoms with Gasteiger partial charge in [0.15, 0.2) is 22.6 Å². The summed E-state index contributed by atoms with van der Waals surface area (Å²) in [4.78, 5) is 38.5. The number of ketones is 1. The quantitative estimate of drug-likeness (QED) is 0.578. The second kappa shape index (κ2) is 6.59. The van der Waals surface area contributed by atoms with Crippen molar-refractivity contribution in [2.24, 2.45) is 0 Å². The molecule has 8 heteroatoms. The van der Waals surface area contributed by atoms with Crippen LogP contribution in [0.25, 0.3) is 11.6 Å². The van der Waals surface area contributed by atoms with Gasteiger partial charge in [0, 0.05) is 12.4 Å². The fraction of sp³-hybridized carbons (Fsp3) is 0.0625. The van der Waals surface area contributed by atoms with Crippen LogP contribution in [0.4, 0.5) is 0 Å². The molecule has 0 aliphatic heterocycles. The van der Waals surface area contributed by atoms with Crippen LogP contribution in [0, 0.1) is 0 Å². The number of H-pyrrole nitrogens is 1. The number of rotatable bonds is 4. The normalized spacial score (nSPS) is 10.4. The summed E-state index contributed by atoms with van der Waals surface area (Å²) in [5.74, 6) is 0.179. The molecule has 0 saturated heterocycles. The molecule has 0 radical (unpaired) electrons. The topological polar surface area (TPSA) is 97.8 Å². The van der Waals surface area contributed by atoms with Gasteiger partial charge in [-0.2, -0.15) is 0 Å². The predicted molar refractivity (Wildman–Crippen MR) is 87.4 cm³/mol. The van der Waals surface area contributed by atoms with Gasteiger partial charge in [0.1, 0.15) is 5.75 Å². The molecule has 0 fully saturated rings. The van der Waals surface area contributed by atoms with E-state index in [9.17, 15) is 9.59 Å². The standard InChI is InChI=1S/C16H11ClN4O3/c1-9(22)10-5-2-3-6-11(10)24-12-13(17)20-15(21-16(12)23)14-18-7-4-8-19-14/h2-8H,1H3,(H,20,21,23). The van der Waals surface area contributed by atoms with Gasteiger partial charge in [-0.05, 0) is 25.1 Å². The van der Waals surface area contributed by atoms with E-state index in [1.54, 1.807) is 30.3 Å². The molecule has 0 aliphatic carbocycles. The number of nitrogens with zero attached hydrogens (tertiary/aromatic N) is 3. The molecule has 120 valence electrons. The minimum atomic E-state index is -0.601. The fourth-order valence-corrected chi connectivity index (χ4v) is 2.22. The number of halogens is 1. The van der Waals surface area contributed by atoms with Crippen molar-refractivity contribution < 1.29 is 9.53 Å². The number of hydrogen-bond acceptors (Lipinski definition) is 6. The molecular formula is C16H11ClN4O3. The molecule has 0 spiro atoms. The van der Waals surface area contributed by atoms with Crippen molar-refractivity contribution in [2.75, 3.05) is 0 Å². The lowest BCUT2D eigenvalue weighted by Gasteiger charge is -2.10. The Balaban J connectivity index is 2.02. The highest BCUT2D eigenvalue weighted by atomic mass is 35.5. The van der Waals surface area contributed by atoms with E-state index in [1.807, 2.05) is 0 Å². The smallest absolute Gasteiger partial charge is 0.295 e. The van der Waals surface area contributed by atoms with Crippen LogP contribution in [-0.2, 0) is 0 Å². The molecule has 1 N–H and O–H groups in total. The average molecular weight is 343 g/mol. The number of carbonyl (C=O) groups is 1. The van der Waals surface area contributed by atoms with Crippen molar-refractivity contribution in [3.63, 3.8) is 0 Å². The first-order valence-electron chi connectivity index (χ1n) is 6.91. The number of para-hydroxylation sites is 1. The van der Waals surface area contributed by atoms with Crippen LogP contribution in [0.15, 0.2) is 47.5 Å². The van der Waals surface area contributed by atoms with Crippen molar-refractivity contribution in [3.05, 3.63) is 63.8 Å². The maximum Gasteiger partial charge on any atom is 0.295 e. The lowest BCUT2D eigenvalue weighted by atomic mass is 10.1. The molecule has 0 unspecified atom stereocenters. The van der Waals surface area contributed by atoms with E-state index in [2.05, 4.69) is 19.9 Å². The van der Waals surface area contributed by atoms with E-state index in [0.717, 1.165) is 0 Å².